The largest absolute Gasteiger partial charge is 0.453 e. The Bertz CT molecular complexity index is 2650. The minimum absolute atomic E-state index is 0.213. The number of rotatable bonds is 6. The Morgan fingerprint density at radius 1 is 0.389 bits per heavy atom. The monoisotopic (exact) mass is 694 g/mol. The number of benzene rings is 8. The second-order valence-electron chi connectivity index (χ2n) is 14.6. The normalized spacial score (nSPS) is 13.3. The van der Waals surface area contributed by atoms with Gasteiger partial charge in [-0.2, -0.15) is 0 Å². The Balaban J connectivity index is 1.01. The highest BCUT2D eigenvalue weighted by Crippen LogP contribution is 2.60. The Labute approximate surface area is 317 Å². The molecule has 0 saturated carbocycles. The fourth-order valence-electron chi connectivity index (χ4n) is 8.26. The second-order valence-corrected chi connectivity index (χ2v) is 14.6. The van der Waals surface area contributed by atoms with Crippen LogP contribution in [-0.2, 0) is 5.41 Å². The van der Waals surface area contributed by atoms with Crippen LogP contribution in [0.2, 0.25) is 0 Å². The summed E-state index contributed by atoms with van der Waals surface area (Å²) in [5.74, 6) is 1.76. The van der Waals surface area contributed by atoms with Crippen LogP contribution >= 0.6 is 0 Å². The van der Waals surface area contributed by atoms with Gasteiger partial charge >= 0.3 is 0 Å². The van der Waals surface area contributed by atoms with E-state index in [0.29, 0.717) is 0 Å². The van der Waals surface area contributed by atoms with Crippen LogP contribution in [0.5, 0.6) is 11.5 Å². The van der Waals surface area contributed by atoms with E-state index in [0.717, 1.165) is 62.2 Å². The summed E-state index contributed by atoms with van der Waals surface area (Å²) in [4.78, 5) is 4.72. The summed E-state index contributed by atoms with van der Waals surface area (Å²) in [6, 6.07) is 69.5. The molecular weight excluding hydrogens is 657 g/mol. The number of ether oxygens (including phenoxy) is 1. The molecule has 2 aliphatic rings. The quantitative estimate of drug-likeness (QED) is 0.172. The molecule has 0 fully saturated rings. The molecule has 0 spiro atoms. The number of fused-ring (bicyclic) bond motifs is 4. The third kappa shape index (κ3) is 5.28. The average Bonchev–Trinajstić information content (AvgIpc) is 3.23. The Hall–Kier alpha value is -6.84. The van der Waals surface area contributed by atoms with Crippen LogP contribution in [0.1, 0.15) is 25.0 Å². The van der Waals surface area contributed by atoms with Crippen LogP contribution in [0.3, 0.4) is 0 Å². The molecule has 3 heteroatoms. The first-order valence-corrected chi connectivity index (χ1v) is 18.6. The molecule has 2 aliphatic heterocycles. The van der Waals surface area contributed by atoms with Crippen molar-refractivity contribution in [2.24, 2.45) is 0 Å². The summed E-state index contributed by atoms with van der Waals surface area (Å²) in [6.45, 7) is 4.66. The molecule has 0 aliphatic carbocycles. The second kappa shape index (κ2) is 12.7. The fraction of sp³-hybridized carbons (Fsp3) is 0.0588. The first-order chi connectivity index (χ1) is 26.5. The van der Waals surface area contributed by atoms with Gasteiger partial charge in [-0.05, 0) is 111 Å². The van der Waals surface area contributed by atoms with Gasteiger partial charge in [-0.15, -0.1) is 0 Å². The summed E-state index contributed by atoms with van der Waals surface area (Å²) in [5.41, 5.74) is 16.1. The first-order valence-electron chi connectivity index (χ1n) is 18.6. The molecule has 8 aromatic carbocycles. The van der Waals surface area contributed by atoms with E-state index in [4.69, 9.17) is 4.74 Å². The molecule has 0 saturated heterocycles. The van der Waals surface area contributed by atoms with Crippen molar-refractivity contribution >= 4 is 34.1 Å². The van der Waals surface area contributed by atoms with Crippen molar-refractivity contribution in [3.8, 4) is 44.9 Å². The Morgan fingerprint density at radius 2 is 0.926 bits per heavy atom. The molecule has 0 radical (unpaired) electrons. The topological polar surface area (TPSA) is 15.7 Å². The van der Waals surface area contributed by atoms with E-state index >= 15 is 0 Å². The number of hydrogen-bond acceptors (Lipinski definition) is 3. The van der Waals surface area contributed by atoms with Crippen molar-refractivity contribution in [3.63, 3.8) is 0 Å². The summed E-state index contributed by atoms with van der Waals surface area (Å²) in [7, 11) is 0. The Kier molecular flexibility index (Phi) is 7.48. The minimum Gasteiger partial charge on any atom is -0.453 e. The molecule has 0 bridgehead atoms. The fourth-order valence-corrected chi connectivity index (χ4v) is 8.26. The van der Waals surface area contributed by atoms with Gasteiger partial charge in [0.15, 0.2) is 11.5 Å². The van der Waals surface area contributed by atoms with Crippen molar-refractivity contribution < 1.29 is 4.74 Å². The average molecular weight is 695 g/mol. The molecule has 0 N–H and O–H groups in total. The van der Waals surface area contributed by atoms with Crippen LogP contribution in [0, 0.1) is 0 Å². The van der Waals surface area contributed by atoms with Crippen molar-refractivity contribution in [2.45, 2.75) is 19.3 Å². The molecule has 258 valence electrons. The predicted octanol–water partition coefficient (Wildman–Crippen LogP) is 14.4. The molecule has 2 heterocycles. The van der Waals surface area contributed by atoms with Crippen LogP contribution in [0.15, 0.2) is 194 Å². The lowest BCUT2D eigenvalue weighted by Crippen LogP contribution is -2.32. The number of nitrogens with zero attached hydrogens (tertiary/aromatic N) is 2. The molecule has 0 amide bonds. The van der Waals surface area contributed by atoms with Crippen molar-refractivity contribution in [1.29, 1.82) is 0 Å². The third-order valence-electron chi connectivity index (χ3n) is 11.0. The standard InChI is InChI=1S/C51H38N2O/c1-51(2)44-20-9-10-21-46(44)53-47-22-11-12-23-48(47)54-49-34-40(33-45(51)50(49)53)38-26-24-37(25-27-38)39-16-13-19-43(32-39)52(41-17-7-4-8-18-41)42-30-28-36(29-31-42)35-14-5-3-6-15-35/h3-34H,1-2H3. The van der Waals surface area contributed by atoms with Gasteiger partial charge in [0.2, 0.25) is 0 Å². The van der Waals surface area contributed by atoms with Crippen molar-refractivity contribution in [1.82, 2.24) is 0 Å². The van der Waals surface area contributed by atoms with Crippen LogP contribution in [0.25, 0.3) is 33.4 Å². The van der Waals surface area contributed by atoms with Gasteiger partial charge in [0.05, 0.1) is 17.1 Å². The van der Waals surface area contributed by atoms with E-state index < -0.39 is 0 Å². The third-order valence-corrected chi connectivity index (χ3v) is 11.0. The van der Waals surface area contributed by atoms with Gasteiger partial charge in [-0.3, -0.25) is 0 Å². The minimum atomic E-state index is -0.213. The van der Waals surface area contributed by atoms with Gasteiger partial charge < -0.3 is 14.5 Å². The van der Waals surface area contributed by atoms with E-state index in [-0.39, 0.29) is 5.41 Å². The van der Waals surface area contributed by atoms with E-state index in [2.05, 4.69) is 212 Å². The summed E-state index contributed by atoms with van der Waals surface area (Å²) >= 11 is 0. The van der Waals surface area contributed by atoms with E-state index in [1.165, 1.54) is 27.9 Å². The summed E-state index contributed by atoms with van der Waals surface area (Å²) < 4.78 is 6.68. The number of para-hydroxylation sites is 4. The van der Waals surface area contributed by atoms with Crippen LogP contribution in [0.4, 0.5) is 34.1 Å². The highest BCUT2D eigenvalue weighted by atomic mass is 16.5. The number of anilines is 6. The van der Waals surface area contributed by atoms with E-state index in [1.54, 1.807) is 0 Å². The van der Waals surface area contributed by atoms with Gasteiger partial charge in [0.1, 0.15) is 0 Å². The zero-order valence-corrected chi connectivity index (χ0v) is 30.3. The van der Waals surface area contributed by atoms with Crippen molar-refractivity contribution in [3.05, 3.63) is 205 Å². The van der Waals surface area contributed by atoms with Gasteiger partial charge in [-0.1, -0.05) is 141 Å². The molecule has 54 heavy (non-hydrogen) atoms. The molecule has 8 aromatic rings. The Morgan fingerprint density at radius 3 is 1.69 bits per heavy atom. The SMILES string of the molecule is CC1(C)c2ccccc2N2c3ccccc3Oc3cc(-c4ccc(-c5cccc(N(c6ccccc6)c6ccc(-c7ccccc7)cc6)c5)cc4)cc1c32. The highest BCUT2D eigenvalue weighted by molar-refractivity contribution is 5.95. The maximum atomic E-state index is 6.68. The number of hydrogen-bond donors (Lipinski definition) is 0. The lowest BCUT2D eigenvalue weighted by molar-refractivity contribution is 0.471. The summed E-state index contributed by atoms with van der Waals surface area (Å²) in [6.07, 6.45) is 0. The zero-order chi connectivity index (χ0) is 36.2. The molecule has 0 unspecified atom stereocenters. The lowest BCUT2D eigenvalue weighted by atomic mass is 9.72. The maximum Gasteiger partial charge on any atom is 0.152 e. The van der Waals surface area contributed by atoms with Crippen LogP contribution in [-0.4, -0.2) is 0 Å². The van der Waals surface area contributed by atoms with Crippen molar-refractivity contribution in [2.75, 3.05) is 9.80 Å². The molecule has 10 rings (SSSR count). The molecular formula is C51H38N2O. The summed E-state index contributed by atoms with van der Waals surface area (Å²) in [5, 5.41) is 0. The van der Waals surface area contributed by atoms with E-state index in [1.807, 2.05) is 6.07 Å². The van der Waals surface area contributed by atoms with Crippen LogP contribution < -0.4 is 14.5 Å². The zero-order valence-electron chi connectivity index (χ0n) is 30.3. The van der Waals surface area contributed by atoms with Gasteiger partial charge in [-0.25, -0.2) is 0 Å². The first kappa shape index (κ1) is 31.9. The molecule has 3 nitrogen and oxygen atoms in total. The molecule has 0 atom stereocenters. The maximum absolute atomic E-state index is 6.68. The smallest absolute Gasteiger partial charge is 0.152 e. The predicted molar refractivity (Wildman–Crippen MR) is 224 cm³/mol. The van der Waals surface area contributed by atoms with Gasteiger partial charge in [0, 0.05) is 22.5 Å². The highest BCUT2D eigenvalue weighted by Gasteiger charge is 2.41. The molecule has 0 aromatic heterocycles. The lowest BCUT2D eigenvalue weighted by Gasteiger charge is -2.45. The van der Waals surface area contributed by atoms with Gasteiger partial charge in [0.25, 0.3) is 0 Å². The van der Waals surface area contributed by atoms with E-state index in [9.17, 15) is 0 Å².